The molecule has 1 unspecified atom stereocenters. The normalized spacial score (nSPS) is 18.4. The summed E-state index contributed by atoms with van der Waals surface area (Å²) in [6, 6.07) is 9.19. The highest BCUT2D eigenvalue weighted by Crippen LogP contribution is 2.28. The molecule has 0 saturated carbocycles. The quantitative estimate of drug-likeness (QED) is 0.608. The standard InChI is InChI=1S/C17H23N3O5S/c1-23-9-10-24-12-16-18-17(19-25-16)15-7-8-20(11-15)26(21,22)13-14-5-3-2-4-6-14/h2-6,15H,7-13H2,1H3. The van der Waals surface area contributed by atoms with Crippen molar-refractivity contribution in [2.75, 3.05) is 33.4 Å². The molecule has 1 saturated heterocycles. The second kappa shape index (κ2) is 8.72. The lowest BCUT2D eigenvalue weighted by atomic mass is 10.1. The van der Waals surface area contributed by atoms with Gasteiger partial charge in [-0.1, -0.05) is 35.5 Å². The van der Waals surface area contributed by atoms with E-state index in [1.165, 1.54) is 4.31 Å². The van der Waals surface area contributed by atoms with E-state index < -0.39 is 10.0 Å². The van der Waals surface area contributed by atoms with Crippen molar-refractivity contribution in [2.24, 2.45) is 0 Å². The second-order valence-electron chi connectivity index (χ2n) is 6.18. The molecule has 1 aromatic heterocycles. The maximum Gasteiger partial charge on any atom is 0.252 e. The molecule has 2 aromatic rings. The van der Waals surface area contributed by atoms with Gasteiger partial charge in [0.2, 0.25) is 10.0 Å². The molecule has 0 amide bonds. The lowest BCUT2D eigenvalue weighted by Gasteiger charge is -2.16. The Morgan fingerprint density at radius 1 is 1.27 bits per heavy atom. The number of sulfonamides is 1. The molecule has 9 heteroatoms. The van der Waals surface area contributed by atoms with Crippen molar-refractivity contribution in [3.05, 3.63) is 47.6 Å². The van der Waals surface area contributed by atoms with Crippen LogP contribution in [0.15, 0.2) is 34.9 Å². The summed E-state index contributed by atoms with van der Waals surface area (Å²) < 4.78 is 42.2. The highest BCUT2D eigenvalue weighted by Gasteiger charge is 2.34. The molecule has 1 aliphatic rings. The van der Waals surface area contributed by atoms with Gasteiger partial charge in [-0.3, -0.25) is 0 Å². The lowest BCUT2D eigenvalue weighted by Crippen LogP contribution is -2.29. The molecule has 1 fully saturated rings. The van der Waals surface area contributed by atoms with Crippen molar-refractivity contribution in [1.82, 2.24) is 14.4 Å². The van der Waals surface area contributed by atoms with Crippen molar-refractivity contribution in [2.45, 2.75) is 24.7 Å². The van der Waals surface area contributed by atoms with Gasteiger partial charge in [0.05, 0.1) is 19.0 Å². The van der Waals surface area contributed by atoms with E-state index in [1.54, 1.807) is 7.11 Å². The maximum absolute atomic E-state index is 12.6. The molecular formula is C17H23N3O5S. The van der Waals surface area contributed by atoms with E-state index >= 15 is 0 Å². The van der Waals surface area contributed by atoms with Crippen LogP contribution in [-0.2, 0) is 31.9 Å². The molecule has 3 rings (SSSR count). The summed E-state index contributed by atoms with van der Waals surface area (Å²) in [6.45, 7) is 2.01. The van der Waals surface area contributed by atoms with E-state index in [0.717, 1.165) is 5.56 Å². The number of nitrogens with zero attached hydrogens (tertiary/aromatic N) is 3. The number of ether oxygens (including phenoxy) is 2. The van der Waals surface area contributed by atoms with E-state index in [2.05, 4.69) is 10.1 Å². The summed E-state index contributed by atoms with van der Waals surface area (Å²) in [5.74, 6) is 0.872. The van der Waals surface area contributed by atoms with Gasteiger partial charge < -0.3 is 14.0 Å². The molecule has 1 aliphatic heterocycles. The molecule has 26 heavy (non-hydrogen) atoms. The van der Waals surface area contributed by atoms with Gasteiger partial charge in [0.25, 0.3) is 5.89 Å². The van der Waals surface area contributed by atoms with Crippen LogP contribution in [0.25, 0.3) is 0 Å². The monoisotopic (exact) mass is 381 g/mol. The minimum absolute atomic E-state index is 0.00535. The molecule has 0 radical (unpaired) electrons. The van der Waals surface area contributed by atoms with Crippen LogP contribution >= 0.6 is 0 Å². The van der Waals surface area contributed by atoms with Crippen LogP contribution in [0.1, 0.15) is 29.6 Å². The largest absolute Gasteiger partial charge is 0.382 e. The zero-order valence-corrected chi connectivity index (χ0v) is 15.5. The fourth-order valence-electron chi connectivity index (χ4n) is 2.86. The average molecular weight is 381 g/mol. The van der Waals surface area contributed by atoms with Crippen molar-refractivity contribution in [3.63, 3.8) is 0 Å². The molecule has 142 valence electrons. The van der Waals surface area contributed by atoms with Gasteiger partial charge in [0, 0.05) is 26.1 Å². The SMILES string of the molecule is COCCOCc1nc(C2CCN(S(=O)(=O)Cc3ccccc3)C2)no1. The minimum Gasteiger partial charge on any atom is -0.382 e. The minimum atomic E-state index is -3.36. The van der Waals surface area contributed by atoms with E-state index in [-0.39, 0.29) is 18.3 Å². The summed E-state index contributed by atoms with van der Waals surface area (Å²) in [5, 5.41) is 3.98. The Labute approximate surface area is 153 Å². The lowest BCUT2D eigenvalue weighted by molar-refractivity contribution is 0.0494. The van der Waals surface area contributed by atoms with E-state index in [1.807, 2.05) is 30.3 Å². The number of aromatic nitrogens is 2. The Morgan fingerprint density at radius 3 is 2.85 bits per heavy atom. The fraction of sp³-hybridized carbons (Fsp3) is 0.529. The smallest absolute Gasteiger partial charge is 0.252 e. The molecule has 8 nitrogen and oxygen atoms in total. The summed E-state index contributed by atoms with van der Waals surface area (Å²) in [5.41, 5.74) is 0.783. The predicted molar refractivity (Wildman–Crippen MR) is 93.8 cm³/mol. The molecule has 1 atom stereocenters. The van der Waals surface area contributed by atoms with Crippen molar-refractivity contribution >= 4 is 10.0 Å². The Hall–Kier alpha value is -1.81. The number of methoxy groups -OCH3 is 1. The van der Waals surface area contributed by atoms with Gasteiger partial charge in [-0.25, -0.2) is 12.7 Å². The zero-order valence-electron chi connectivity index (χ0n) is 14.7. The molecule has 0 N–H and O–H groups in total. The number of benzene rings is 1. The Bertz CT molecular complexity index is 794. The first-order chi connectivity index (χ1) is 12.6. The molecular weight excluding hydrogens is 358 g/mol. The van der Waals surface area contributed by atoms with E-state index in [0.29, 0.717) is 44.4 Å². The van der Waals surface area contributed by atoms with E-state index in [9.17, 15) is 8.42 Å². The van der Waals surface area contributed by atoms with Crippen LogP contribution in [0.2, 0.25) is 0 Å². The third-order valence-electron chi connectivity index (χ3n) is 4.24. The average Bonchev–Trinajstić information content (AvgIpc) is 3.29. The van der Waals surface area contributed by atoms with Crippen LogP contribution < -0.4 is 0 Å². The maximum atomic E-state index is 12.6. The predicted octanol–water partition coefficient (Wildman–Crippen LogP) is 1.55. The highest BCUT2D eigenvalue weighted by atomic mass is 32.2. The first-order valence-electron chi connectivity index (χ1n) is 8.49. The summed E-state index contributed by atoms with van der Waals surface area (Å²) in [4.78, 5) is 4.33. The van der Waals surface area contributed by atoms with Gasteiger partial charge in [-0.05, 0) is 12.0 Å². The van der Waals surface area contributed by atoms with Gasteiger partial charge >= 0.3 is 0 Å². The molecule has 1 aromatic carbocycles. The number of hydrogen-bond donors (Lipinski definition) is 0. The van der Waals surface area contributed by atoms with Gasteiger partial charge in [-0.15, -0.1) is 0 Å². The van der Waals surface area contributed by atoms with E-state index in [4.69, 9.17) is 14.0 Å². The van der Waals surface area contributed by atoms with Crippen molar-refractivity contribution < 1.29 is 22.4 Å². The number of hydrogen-bond acceptors (Lipinski definition) is 7. The second-order valence-corrected chi connectivity index (χ2v) is 8.15. The third kappa shape index (κ3) is 4.88. The van der Waals surface area contributed by atoms with Crippen LogP contribution in [0.5, 0.6) is 0 Å². The third-order valence-corrected chi connectivity index (χ3v) is 6.06. The van der Waals surface area contributed by atoms with Crippen molar-refractivity contribution in [1.29, 1.82) is 0 Å². The fourth-order valence-corrected chi connectivity index (χ4v) is 4.45. The Balaban J connectivity index is 1.56. The van der Waals surface area contributed by atoms with Crippen LogP contribution in [0.3, 0.4) is 0 Å². The topological polar surface area (TPSA) is 94.8 Å². The van der Waals surface area contributed by atoms with Gasteiger partial charge in [0.1, 0.15) is 6.61 Å². The van der Waals surface area contributed by atoms with Gasteiger partial charge in [-0.2, -0.15) is 4.98 Å². The van der Waals surface area contributed by atoms with Gasteiger partial charge in [0.15, 0.2) is 5.82 Å². The summed E-state index contributed by atoms with van der Waals surface area (Å²) in [7, 11) is -1.76. The summed E-state index contributed by atoms with van der Waals surface area (Å²) in [6.07, 6.45) is 0.678. The van der Waals surface area contributed by atoms with Crippen LogP contribution in [0, 0.1) is 0 Å². The zero-order chi connectivity index (χ0) is 18.4. The highest BCUT2D eigenvalue weighted by molar-refractivity contribution is 7.88. The Morgan fingerprint density at radius 2 is 2.08 bits per heavy atom. The molecule has 0 aliphatic carbocycles. The first kappa shape index (κ1) is 19.0. The molecule has 0 bridgehead atoms. The number of rotatable bonds is 9. The molecule has 0 spiro atoms. The molecule has 2 heterocycles. The van der Waals surface area contributed by atoms with Crippen molar-refractivity contribution in [3.8, 4) is 0 Å². The summed E-state index contributed by atoms with van der Waals surface area (Å²) >= 11 is 0. The Kier molecular flexibility index (Phi) is 6.36. The van der Waals surface area contributed by atoms with Crippen LogP contribution in [0.4, 0.5) is 0 Å². The first-order valence-corrected chi connectivity index (χ1v) is 10.1. The van der Waals surface area contributed by atoms with Crippen LogP contribution in [-0.4, -0.2) is 56.3 Å².